The Morgan fingerprint density at radius 2 is 1.86 bits per heavy atom. The topological polar surface area (TPSA) is 61.0 Å². The lowest BCUT2D eigenvalue weighted by Crippen LogP contribution is -2.32. The van der Waals surface area contributed by atoms with Crippen LogP contribution < -0.4 is 5.32 Å². The van der Waals surface area contributed by atoms with E-state index in [0.29, 0.717) is 12.5 Å². The van der Waals surface area contributed by atoms with Crippen LogP contribution >= 0.6 is 11.3 Å². The molecule has 180 valence electrons. The molecule has 1 saturated carbocycles. The molecule has 4 aromatic rings. The van der Waals surface area contributed by atoms with E-state index < -0.39 is 0 Å². The number of likely N-dealkylation sites (tertiary alicyclic amines) is 1. The summed E-state index contributed by atoms with van der Waals surface area (Å²) in [5, 5.41) is 16.7. The quantitative estimate of drug-likeness (QED) is 0.296. The summed E-state index contributed by atoms with van der Waals surface area (Å²) in [7, 11) is 0. The monoisotopic (exact) mass is 484 g/mol. The fraction of sp³-hybridized carbons (Fsp3) is 0.379. The van der Waals surface area contributed by atoms with E-state index in [4.69, 9.17) is 0 Å². The summed E-state index contributed by atoms with van der Waals surface area (Å²) in [5.41, 5.74) is 6.38. The Morgan fingerprint density at radius 3 is 2.60 bits per heavy atom. The zero-order chi connectivity index (χ0) is 23.6. The third kappa shape index (κ3) is 4.78. The molecular formula is C29H32N4OS. The Balaban J connectivity index is 1.23. The number of anilines is 1. The summed E-state index contributed by atoms with van der Waals surface area (Å²) in [6, 6.07) is 17.4. The van der Waals surface area contributed by atoms with Gasteiger partial charge in [0, 0.05) is 29.1 Å². The highest BCUT2D eigenvalue weighted by atomic mass is 32.1. The van der Waals surface area contributed by atoms with Crippen molar-refractivity contribution < 1.29 is 4.79 Å². The fourth-order valence-electron chi connectivity index (χ4n) is 5.75. The van der Waals surface area contributed by atoms with Crippen LogP contribution in [0.4, 0.5) is 5.69 Å². The molecule has 2 aliphatic rings. The second kappa shape index (κ2) is 9.96. The number of Topliss-reactive ketones (excluding diaryl/α,β-unsaturated/α-hetero) is 1. The number of fused-ring (bicyclic) bond motifs is 1. The summed E-state index contributed by atoms with van der Waals surface area (Å²) >= 11 is 1.67. The van der Waals surface area contributed by atoms with Crippen molar-refractivity contribution in [2.75, 3.05) is 18.4 Å². The molecule has 1 unspecified atom stereocenters. The predicted octanol–water partition coefficient (Wildman–Crippen LogP) is 6.59. The molecule has 0 bridgehead atoms. The summed E-state index contributed by atoms with van der Waals surface area (Å²) < 4.78 is 0. The first-order valence-corrected chi connectivity index (χ1v) is 13.8. The maximum atomic E-state index is 13.5. The molecule has 2 fully saturated rings. The number of rotatable bonds is 8. The highest BCUT2D eigenvalue weighted by Crippen LogP contribution is 2.32. The number of nitrogens with zero attached hydrogens (tertiary/aromatic N) is 2. The minimum Gasteiger partial charge on any atom is -0.382 e. The maximum Gasteiger partial charge on any atom is 0.158 e. The molecule has 3 heterocycles. The first kappa shape index (κ1) is 22.5. The SMILES string of the molecule is O=C(Cc1ccc2[nH]nc(-c3ccc(NC4CCCC4)cc3)c2c1)C(c1ccsc1)N1CCCC1. The number of H-pyrrole nitrogens is 1. The summed E-state index contributed by atoms with van der Waals surface area (Å²) in [6.07, 6.45) is 7.95. The molecule has 6 rings (SSSR count). The number of thiophene rings is 1. The molecule has 2 aromatic heterocycles. The average molecular weight is 485 g/mol. The zero-order valence-electron chi connectivity index (χ0n) is 20.0. The number of aromatic nitrogens is 2. The van der Waals surface area contributed by atoms with E-state index >= 15 is 0 Å². The number of carbonyl (C=O) groups excluding carboxylic acids is 1. The first-order chi connectivity index (χ1) is 17.2. The van der Waals surface area contributed by atoms with E-state index in [1.807, 2.05) is 0 Å². The highest BCUT2D eigenvalue weighted by molar-refractivity contribution is 7.08. The van der Waals surface area contributed by atoms with Gasteiger partial charge in [-0.25, -0.2) is 0 Å². The van der Waals surface area contributed by atoms with Crippen LogP contribution in [0.15, 0.2) is 59.3 Å². The van der Waals surface area contributed by atoms with Crippen LogP contribution in [-0.4, -0.2) is 40.0 Å². The van der Waals surface area contributed by atoms with Crippen LogP contribution in [0.1, 0.15) is 55.7 Å². The fourth-order valence-corrected chi connectivity index (χ4v) is 6.43. The van der Waals surface area contributed by atoms with Crippen molar-refractivity contribution in [3.05, 3.63) is 70.4 Å². The molecule has 2 aromatic carbocycles. The Hall–Kier alpha value is -2.96. The lowest BCUT2D eigenvalue weighted by Gasteiger charge is -2.26. The largest absolute Gasteiger partial charge is 0.382 e. The molecule has 35 heavy (non-hydrogen) atoms. The lowest BCUT2D eigenvalue weighted by molar-refractivity contribution is -0.123. The molecule has 1 aliphatic heterocycles. The number of hydrogen-bond acceptors (Lipinski definition) is 5. The normalized spacial score (nSPS) is 17.8. The molecule has 0 spiro atoms. The van der Waals surface area contributed by atoms with Crippen LogP contribution in [0.2, 0.25) is 0 Å². The van der Waals surface area contributed by atoms with Gasteiger partial charge in [-0.05, 0) is 91.0 Å². The summed E-state index contributed by atoms with van der Waals surface area (Å²) in [4.78, 5) is 15.9. The number of hydrogen-bond donors (Lipinski definition) is 2. The minimum absolute atomic E-state index is 0.136. The van der Waals surface area contributed by atoms with Gasteiger partial charge in [-0.2, -0.15) is 16.4 Å². The summed E-state index contributed by atoms with van der Waals surface area (Å²) in [6.45, 7) is 2.01. The Morgan fingerprint density at radius 1 is 1.06 bits per heavy atom. The van der Waals surface area contributed by atoms with E-state index in [9.17, 15) is 4.79 Å². The average Bonchev–Trinajstić information content (AvgIpc) is 3.68. The van der Waals surface area contributed by atoms with E-state index in [1.54, 1.807) is 11.3 Å². The number of nitrogens with one attached hydrogen (secondary N) is 2. The van der Waals surface area contributed by atoms with Crippen molar-refractivity contribution in [1.82, 2.24) is 15.1 Å². The number of aromatic amines is 1. The molecule has 6 heteroatoms. The van der Waals surface area contributed by atoms with Crippen LogP contribution in [0.5, 0.6) is 0 Å². The molecule has 1 atom stereocenters. The van der Waals surface area contributed by atoms with Crippen LogP contribution in [-0.2, 0) is 11.2 Å². The van der Waals surface area contributed by atoms with E-state index in [-0.39, 0.29) is 11.8 Å². The van der Waals surface area contributed by atoms with Crippen LogP contribution in [0.25, 0.3) is 22.2 Å². The Bertz CT molecular complexity index is 1280. The van der Waals surface area contributed by atoms with Crippen molar-refractivity contribution in [3.63, 3.8) is 0 Å². The van der Waals surface area contributed by atoms with Gasteiger partial charge < -0.3 is 5.32 Å². The molecule has 5 nitrogen and oxygen atoms in total. The van der Waals surface area contributed by atoms with Gasteiger partial charge >= 0.3 is 0 Å². The molecule has 1 saturated heterocycles. The predicted molar refractivity (Wildman–Crippen MR) is 144 cm³/mol. The van der Waals surface area contributed by atoms with Crippen molar-refractivity contribution in [2.24, 2.45) is 0 Å². The molecule has 2 N–H and O–H groups in total. The van der Waals surface area contributed by atoms with Crippen LogP contribution in [0.3, 0.4) is 0 Å². The number of ketones is 1. The standard InChI is InChI=1S/C29H32N4OS/c34-27(29(22-13-16-35-19-22)33-14-3-4-15-33)18-20-7-12-26-25(17-20)28(32-31-26)21-8-10-24(11-9-21)30-23-5-1-2-6-23/h7-13,16-17,19,23,29-30H,1-6,14-15,18H2,(H,31,32). The molecular weight excluding hydrogens is 452 g/mol. The van der Waals surface area contributed by atoms with E-state index in [0.717, 1.165) is 46.4 Å². The van der Waals surface area contributed by atoms with Crippen molar-refractivity contribution >= 4 is 33.7 Å². The third-order valence-electron chi connectivity index (χ3n) is 7.56. The second-order valence-electron chi connectivity index (χ2n) is 10.0. The van der Waals surface area contributed by atoms with Gasteiger partial charge in [-0.3, -0.25) is 14.8 Å². The molecule has 0 radical (unpaired) electrons. The van der Waals surface area contributed by atoms with Gasteiger partial charge in [0.2, 0.25) is 0 Å². The van der Waals surface area contributed by atoms with E-state index in [1.165, 1.54) is 44.2 Å². The maximum absolute atomic E-state index is 13.5. The van der Waals surface area contributed by atoms with Crippen molar-refractivity contribution in [3.8, 4) is 11.3 Å². The van der Waals surface area contributed by atoms with Crippen LogP contribution in [0, 0.1) is 0 Å². The van der Waals surface area contributed by atoms with Gasteiger partial charge in [0.1, 0.15) is 0 Å². The molecule has 1 aliphatic carbocycles. The van der Waals surface area contributed by atoms with Crippen molar-refractivity contribution in [1.29, 1.82) is 0 Å². The molecule has 0 amide bonds. The van der Waals surface area contributed by atoms with Gasteiger partial charge in [0.25, 0.3) is 0 Å². The second-order valence-corrected chi connectivity index (χ2v) is 10.8. The minimum atomic E-state index is -0.136. The Labute approximate surface area is 210 Å². The number of carbonyl (C=O) groups is 1. The lowest BCUT2D eigenvalue weighted by atomic mass is 9.97. The highest BCUT2D eigenvalue weighted by Gasteiger charge is 2.29. The number of benzene rings is 2. The zero-order valence-corrected chi connectivity index (χ0v) is 20.8. The van der Waals surface area contributed by atoms with Crippen molar-refractivity contribution in [2.45, 2.75) is 57.0 Å². The van der Waals surface area contributed by atoms with E-state index in [2.05, 4.69) is 79.7 Å². The van der Waals surface area contributed by atoms with Gasteiger partial charge in [0.05, 0.1) is 17.3 Å². The first-order valence-electron chi connectivity index (χ1n) is 12.9. The summed E-state index contributed by atoms with van der Waals surface area (Å²) in [5.74, 6) is 0.275. The Kier molecular flexibility index (Phi) is 6.40. The van der Waals surface area contributed by atoms with Gasteiger partial charge in [-0.1, -0.05) is 31.0 Å². The smallest absolute Gasteiger partial charge is 0.158 e. The van der Waals surface area contributed by atoms with Gasteiger partial charge in [-0.15, -0.1) is 0 Å². The third-order valence-corrected chi connectivity index (χ3v) is 8.26. The van der Waals surface area contributed by atoms with Gasteiger partial charge in [0.15, 0.2) is 5.78 Å².